The van der Waals surface area contributed by atoms with E-state index in [2.05, 4.69) is 9.97 Å². The molecule has 3 rings (SSSR count). The molecule has 0 unspecified atom stereocenters. The molecule has 0 aliphatic carbocycles. The minimum atomic E-state index is -0.670. The summed E-state index contributed by atoms with van der Waals surface area (Å²) in [5.74, 6) is 0.364. The fourth-order valence-corrected chi connectivity index (χ4v) is 2.26. The van der Waals surface area contributed by atoms with Crippen LogP contribution in [0.25, 0.3) is 11.0 Å². The summed E-state index contributed by atoms with van der Waals surface area (Å²) in [7, 11) is 0. The second-order valence-electron chi connectivity index (χ2n) is 4.33. The molecule has 3 heterocycles. The second-order valence-corrected chi connectivity index (χ2v) is 4.33. The van der Waals surface area contributed by atoms with Crippen LogP contribution in [0.1, 0.15) is 12.6 Å². The molecule has 18 heavy (non-hydrogen) atoms. The number of ether oxygens (including phenoxy) is 1. The number of aliphatic hydroxyl groups excluding tert-OH is 2. The fraction of sp³-hybridized carbons (Fsp3) is 0.455. The molecule has 4 N–H and O–H groups in total. The van der Waals surface area contributed by atoms with Crippen LogP contribution in [0, 0.1) is 0 Å². The van der Waals surface area contributed by atoms with Crippen molar-refractivity contribution in [3.63, 3.8) is 0 Å². The SMILES string of the molecule is Nc1nccc2c1ncn2[C@H]1C[C@@H](O)[C@@H](CO)O1. The predicted molar refractivity (Wildman–Crippen MR) is 63.6 cm³/mol. The Morgan fingerprint density at radius 1 is 1.50 bits per heavy atom. The van der Waals surface area contributed by atoms with Gasteiger partial charge in [-0.3, -0.25) is 0 Å². The van der Waals surface area contributed by atoms with E-state index in [0.717, 1.165) is 5.52 Å². The molecule has 96 valence electrons. The summed E-state index contributed by atoms with van der Waals surface area (Å²) in [5, 5.41) is 18.8. The lowest BCUT2D eigenvalue weighted by molar-refractivity contribution is -0.0430. The van der Waals surface area contributed by atoms with Crippen molar-refractivity contribution in [2.75, 3.05) is 12.3 Å². The Bertz CT molecular complexity index is 570. The van der Waals surface area contributed by atoms with Crippen LogP contribution < -0.4 is 5.73 Å². The lowest BCUT2D eigenvalue weighted by Crippen LogP contribution is -2.24. The minimum absolute atomic E-state index is 0.200. The van der Waals surface area contributed by atoms with Crippen LogP contribution in [0.4, 0.5) is 5.82 Å². The Kier molecular flexibility index (Phi) is 2.66. The summed E-state index contributed by atoms with van der Waals surface area (Å²) < 4.78 is 7.37. The van der Waals surface area contributed by atoms with E-state index in [1.54, 1.807) is 23.2 Å². The Hall–Kier alpha value is -1.70. The Morgan fingerprint density at radius 3 is 3.06 bits per heavy atom. The lowest BCUT2D eigenvalue weighted by atomic mass is 10.2. The zero-order chi connectivity index (χ0) is 12.7. The molecule has 7 nitrogen and oxygen atoms in total. The molecule has 0 aromatic carbocycles. The van der Waals surface area contributed by atoms with E-state index >= 15 is 0 Å². The molecular weight excluding hydrogens is 236 g/mol. The largest absolute Gasteiger partial charge is 0.394 e. The number of pyridine rings is 1. The highest BCUT2D eigenvalue weighted by molar-refractivity contribution is 5.84. The summed E-state index contributed by atoms with van der Waals surface area (Å²) in [4.78, 5) is 8.16. The van der Waals surface area contributed by atoms with Gasteiger partial charge >= 0.3 is 0 Å². The first-order valence-electron chi connectivity index (χ1n) is 5.72. The maximum absolute atomic E-state index is 9.73. The van der Waals surface area contributed by atoms with Crippen molar-refractivity contribution in [1.29, 1.82) is 0 Å². The van der Waals surface area contributed by atoms with Crippen LogP contribution in [0.2, 0.25) is 0 Å². The molecule has 2 aromatic rings. The van der Waals surface area contributed by atoms with Crippen molar-refractivity contribution in [1.82, 2.24) is 14.5 Å². The van der Waals surface area contributed by atoms with Gasteiger partial charge in [-0.15, -0.1) is 0 Å². The predicted octanol–water partition coefficient (Wildman–Crippen LogP) is -0.346. The van der Waals surface area contributed by atoms with Crippen LogP contribution >= 0.6 is 0 Å². The van der Waals surface area contributed by atoms with Gasteiger partial charge in [0.15, 0.2) is 5.82 Å². The molecule has 0 amide bonds. The normalized spacial score (nSPS) is 28.0. The molecule has 1 saturated heterocycles. The summed E-state index contributed by atoms with van der Waals surface area (Å²) in [6.07, 6.45) is 2.07. The third-order valence-electron chi connectivity index (χ3n) is 3.22. The van der Waals surface area contributed by atoms with Crippen molar-refractivity contribution in [3.8, 4) is 0 Å². The molecule has 7 heteroatoms. The average Bonchev–Trinajstić information content (AvgIpc) is 2.93. The van der Waals surface area contributed by atoms with Gasteiger partial charge in [0.25, 0.3) is 0 Å². The molecule has 0 bridgehead atoms. The Balaban J connectivity index is 1.99. The van der Waals surface area contributed by atoms with E-state index in [0.29, 0.717) is 17.8 Å². The molecule has 0 saturated carbocycles. The number of fused-ring (bicyclic) bond motifs is 1. The highest BCUT2D eigenvalue weighted by Gasteiger charge is 2.34. The second kappa shape index (κ2) is 4.20. The number of anilines is 1. The third-order valence-corrected chi connectivity index (χ3v) is 3.22. The monoisotopic (exact) mass is 250 g/mol. The van der Waals surface area contributed by atoms with Gasteiger partial charge < -0.3 is 25.3 Å². The molecule has 1 aliphatic heterocycles. The molecular formula is C11H14N4O3. The van der Waals surface area contributed by atoms with E-state index in [1.807, 2.05) is 0 Å². The molecule has 1 fully saturated rings. The average molecular weight is 250 g/mol. The maximum Gasteiger partial charge on any atom is 0.151 e. The number of imidazole rings is 1. The molecule has 3 atom stereocenters. The van der Waals surface area contributed by atoms with E-state index < -0.39 is 12.2 Å². The van der Waals surface area contributed by atoms with Gasteiger partial charge in [-0.25, -0.2) is 9.97 Å². The van der Waals surface area contributed by atoms with Crippen LogP contribution in [-0.2, 0) is 4.74 Å². The van der Waals surface area contributed by atoms with Crippen molar-refractivity contribution >= 4 is 16.9 Å². The van der Waals surface area contributed by atoms with E-state index in [4.69, 9.17) is 15.6 Å². The first kappa shape index (κ1) is 11.4. The van der Waals surface area contributed by atoms with Gasteiger partial charge in [-0.05, 0) is 6.07 Å². The van der Waals surface area contributed by atoms with Crippen molar-refractivity contribution in [3.05, 3.63) is 18.6 Å². The zero-order valence-corrected chi connectivity index (χ0v) is 9.60. The summed E-state index contributed by atoms with van der Waals surface area (Å²) in [6, 6.07) is 1.79. The number of nitrogens with two attached hydrogens (primary N) is 1. The van der Waals surface area contributed by atoms with E-state index in [1.165, 1.54) is 0 Å². The number of aromatic nitrogens is 3. The number of aliphatic hydroxyl groups is 2. The zero-order valence-electron chi connectivity index (χ0n) is 9.60. The van der Waals surface area contributed by atoms with Gasteiger partial charge in [0.1, 0.15) is 17.8 Å². The number of nitrogens with zero attached hydrogens (tertiary/aromatic N) is 3. The molecule has 2 aromatic heterocycles. The quantitative estimate of drug-likeness (QED) is 0.673. The van der Waals surface area contributed by atoms with Gasteiger partial charge in [0, 0.05) is 12.6 Å². The van der Waals surface area contributed by atoms with Gasteiger partial charge in [-0.2, -0.15) is 0 Å². The van der Waals surface area contributed by atoms with Crippen LogP contribution in [0.15, 0.2) is 18.6 Å². The van der Waals surface area contributed by atoms with Crippen molar-refractivity contribution in [2.45, 2.75) is 24.9 Å². The van der Waals surface area contributed by atoms with E-state index in [-0.39, 0.29) is 12.8 Å². The molecule has 0 radical (unpaired) electrons. The van der Waals surface area contributed by atoms with Crippen LogP contribution in [0.3, 0.4) is 0 Å². The standard InChI is InChI=1S/C11H14N4O3/c12-11-10-6(1-2-13-11)15(5-14-10)9-3-7(17)8(4-16)18-9/h1-2,5,7-9,16-17H,3-4H2,(H2,12,13)/t7-,8-,9-/m1/s1. The van der Waals surface area contributed by atoms with E-state index in [9.17, 15) is 5.11 Å². The first-order valence-corrected chi connectivity index (χ1v) is 5.72. The maximum atomic E-state index is 9.73. The summed E-state index contributed by atoms with van der Waals surface area (Å²) >= 11 is 0. The topological polar surface area (TPSA) is 106 Å². The number of nitrogen functional groups attached to an aromatic ring is 1. The van der Waals surface area contributed by atoms with Gasteiger partial charge in [0.2, 0.25) is 0 Å². The smallest absolute Gasteiger partial charge is 0.151 e. The highest BCUT2D eigenvalue weighted by Crippen LogP contribution is 2.31. The summed E-state index contributed by atoms with van der Waals surface area (Å²) in [5.41, 5.74) is 7.15. The van der Waals surface area contributed by atoms with Gasteiger partial charge in [-0.1, -0.05) is 0 Å². The minimum Gasteiger partial charge on any atom is -0.394 e. The van der Waals surface area contributed by atoms with Crippen molar-refractivity contribution < 1.29 is 14.9 Å². The first-order chi connectivity index (χ1) is 8.70. The molecule has 1 aliphatic rings. The lowest BCUT2D eigenvalue weighted by Gasteiger charge is -2.14. The van der Waals surface area contributed by atoms with Crippen LogP contribution in [-0.4, -0.2) is 43.6 Å². The van der Waals surface area contributed by atoms with Crippen molar-refractivity contribution in [2.24, 2.45) is 0 Å². The summed E-state index contributed by atoms with van der Waals surface area (Å²) in [6.45, 7) is -0.200. The third kappa shape index (κ3) is 1.64. The van der Waals surface area contributed by atoms with Crippen LogP contribution in [0.5, 0.6) is 0 Å². The number of hydrogen-bond donors (Lipinski definition) is 3. The fourth-order valence-electron chi connectivity index (χ4n) is 2.26. The number of hydrogen-bond acceptors (Lipinski definition) is 6. The molecule has 0 spiro atoms. The number of rotatable bonds is 2. The Labute approximate surface area is 103 Å². The highest BCUT2D eigenvalue weighted by atomic mass is 16.5. The Morgan fingerprint density at radius 2 is 2.33 bits per heavy atom. The van der Waals surface area contributed by atoms with Gasteiger partial charge in [0.05, 0.1) is 24.6 Å².